The highest BCUT2D eigenvalue weighted by atomic mass is 16.5. The van der Waals surface area contributed by atoms with Gasteiger partial charge in [0.2, 0.25) is 5.91 Å². The Morgan fingerprint density at radius 1 is 1.09 bits per heavy atom. The van der Waals surface area contributed by atoms with E-state index in [1.54, 1.807) is 4.90 Å². The maximum atomic E-state index is 12.6. The highest BCUT2D eigenvalue weighted by molar-refractivity contribution is 5.94. The molecule has 0 spiro atoms. The Labute approximate surface area is 254 Å². The first-order valence-corrected chi connectivity index (χ1v) is 15.5. The van der Waals surface area contributed by atoms with Crippen molar-refractivity contribution in [3.63, 3.8) is 0 Å². The quantitative estimate of drug-likeness (QED) is 0.377. The smallest absolute Gasteiger partial charge is 0.319 e. The summed E-state index contributed by atoms with van der Waals surface area (Å²) in [4.78, 5) is 31.4. The largest absolute Gasteiger partial charge is 0.458 e. The van der Waals surface area contributed by atoms with Crippen LogP contribution in [0.4, 0.5) is 11.5 Å². The van der Waals surface area contributed by atoms with E-state index in [4.69, 9.17) is 14.7 Å². The molecule has 3 heterocycles. The molecule has 2 aliphatic heterocycles. The van der Waals surface area contributed by atoms with Crippen LogP contribution in [0.3, 0.4) is 0 Å². The first kappa shape index (κ1) is 28.9. The second kappa shape index (κ2) is 12.6. The summed E-state index contributed by atoms with van der Waals surface area (Å²) in [5.41, 5.74) is 3.32. The Bertz CT molecular complexity index is 1530. The second-order valence-corrected chi connectivity index (χ2v) is 12.1. The van der Waals surface area contributed by atoms with E-state index in [1.165, 1.54) is 29.0 Å². The SMILES string of the molecule is C=CC(=O)N1CCN(c2nc(O[C@H]3CCCC[C@@H]3N(C)C)nc3c2CCN(c2cccc4ccccc24)C3)CC1CC#N. The van der Waals surface area contributed by atoms with E-state index < -0.39 is 0 Å². The van der Waals surface area contributed by atoms with Crippen LogP contribution in [0.1, 0.15) is 43.4 Å². The first-order valence-electron chi connectivity index (χ1n) is 15.5. The molecular formula is C34H41N7O2. The van der Waals surface area contributed by atoms with Gasteiger partial charge < -0.3 is 24.3 Å². The fourth-order valence-electron chi connectivity index (χ4n) is 7.07. The number of hydrogen-bond acceptors (Lipinski definition) is 8. The third kappa shape index (κ3) is 5.89. The Hall–Kier alpha value is -4.16. The lowest BCUT2D eigenvalue weighted by atomic mass is 9.92. The van der Waals surface area contributed by atoms with Gasteiger partial charge in [0.25, 0.3) is 0 Å². The predicted molar refractivity (Wildman–Crippen MR) is 169 cm³/mol. The number of anilines is 2. The number of likely N-dealkylation sites (N-methyl/N-ethyl adjacent to an activating group) is 1. The molecule has 1 amide bonds. The van der Waals surface area contributed by atoms with Gasteiger partial charge in [-0.1, -0.05) is 49.4 Å². The molecule has 224 valence electrons. The fourth-order valence-corrected chi connectivity index (χ4v) is 7.07. The van der Waals surface area contributed by atoms with Crippen molar-refractivity contribution >= 4 is 28.2 Å². The summed E-state index contributed by atoms with van der Waals surface area (Å²) in [6, 6.07) is 17.8. The third-order valence-corrected chi connectivity index (χ3v) is 9.28. The van der Waals surface area contributed by atoms with Crippen LogP contribution in [0.15, 0.2) is 55.1 Å². The van der Waals surface area contributed by atoms with Gasteiger partial charge in [-0.25, -0.2) is 0 Å². The van der Waals surface area contributed by atoms with E-state index >= 15 is 0 Å². The molecule has 9 nitrogen and oxygen atoms in total. The van der Waals surface area contributed by atoms with Gasteiger partial charge in [-0.15, -0.1) is 0 Å². The maximum Gasteiger partial charge on any atom is 0.319 e. The van der Waals surface area contributed by atoms with Crippen LogP contribution in [-0.4, -0.2) is 84.1 Å². The second-order valence-electron chi connectivity index (χ2n) is 12.1. The van der Waals surface area contributed by atoms with E-state index in [0.29, 0.717) is 38.2 Å². The predicted octanol–water partition coefficient (Wildman–Crippen LogP) is 4.56. The number of amides is 1. The number of aromatic nitrogens is 2. The standard InChI is InChI=1S/C34H41N7O2/c1-4-32(42)41-21-20-40(22-25(41)16-18-35)33-27-17-19-39(29-14-9-11-24-10-5-6-12-26(24)29)23-28(27)36-34(37-33)43-31-15-8-7-13-30(31)38(2)3/h4-6,9-12,14,25,30-31H,1,7-8,13,15-17,19-23H2,2-3H3/t25?,30-,31-/m0/s1. The van der Waals surface area contributed by atoms with Crippen molar-refractivity contribution in [1.29, 1.82) is 5.26 Å². The summed E-state index contributed by atoms with van der Waals surface area (Å²) in [7, 11) is 4.24. The monoisotopic (exact) mass is 579 g/mol. The van der Waals surface area contributed by atoms with Gasteiger partial charge in [0.15, 0.2) is 0 Å². The minimum Gasteiger partial charge on any atom is -0.458 e. The average Bonchev–Trinajstić information content (AvgIpc) is 3.03. The van der Waals surface area contributed by atoms with Gasteiger partial charge in [-0.3, -0.25) is 4.79 Å². The third-order valence-electron chi connectivity index (χ3n) is 9.28. The molecule has 1 saturated heterocycles. The molecule has 1 aromatic heterocycles. The molecule has 0 bridgehead atoms. The summed E-state index contributed by atoms with van der Waals surface area (Å²) in [6.07, 6.45) is 6.84. The van der Waals surface area contributed by atoms with Crippen LogP contribution in [0, 0.1) is 11.3 Å². The molecule has 3 aliphatic rings. The van der Waals surface area contributed by atoms with E-state index in [0.717, 1.165) is 49.3 Å². The van der Waals surface area contributed by atoms with Crippen LogP contribution in [0.2, 0.25) is 0 Å². The normalized spacial score (nSPS) is 22.3. The van der Waals surface area contributed by atoms with Gasteiger partial charge in [0.1, 0.15) is 11.9 Å². The van der Waals surface area contributed by atoms with Crippen LogP contribution in [-0.2, 0) is 17.8 Å². The fraction of sp³-hybridized carbons (Fsp3) is 0.471. The lowest BCUT2D eigenvalue weighted by Crippen LogP contribution is -2.55. The molecule has 3 atom stereocenters. The molecule has 1 aliphatic carbocycles. The van der Waals surface area contributed by atoms with E-state index in [-0.39, 0.29) is 24.5 Å². The molecule has 0 radical (unpaired) electrons. The Morgan fingerprint density at radius 2 is 1.91 bits per heavy atom. The van der Waals surface area contributed by atoms with Gasteiger partial charge >= 0.3 is 6.01 Å². The van der Waals surface area contributed by atoms with Crippen molar-refractivity contribution in [3.8, 4) is 12.1 Å². The number of ether oxygens (including phenoxy) is 1. The minimum absolute atomic E-state index is 0.0285. The van der Waals surface area contributed by atoms with E-state index in [9.17, 15) is 10.1 Å². The summed E-state index contributed by atoms with van der Waals surface area (Å²) in [6.45, 7) is 6.85. The number of hydrogen-bond donors (Lipinski definition) is 0. The Balaban J connectivity index is 1.36. The molecule has 43 heavy (non-hydrogen) atoms. The maximum absolute atomic E-state index is 12.6. The molecule has 1 unspecified atom stereocenters. The highest BCUT2D eigenvalue weighted by Gasteiger charge is 2.35. The van der Waals surface area contributed by atoms with E-state index in [2.05, 4.69) is 83.9 Å². The van der Waals surface area contributed by atoms with Crippen molar-refractivity contribution in [3.05, 3.63) is 66.4 Å². The van der Waals surface area contributed by atoms with Gasteiger partial charge in [0.05, 0.1) is 30.8 Å². The molecule has 6 rings (SSSR count). The van der Waals surface area contributed by atoms with Crippen LogP contribution < -0.4 is 14.5 Å². The van der Waals surface area contributed by atoms with Gasteiger partial charge in [-0.05, 0) is 57.3 Å². The lowest BCUT2D eigenvalue weighted by Gasteiger charge is -2.42. The summed E-state index contributed by atoms with van der Waals surface area (Å²) in [5, 5.41) is 12.0. The molecule has 0 N–H and O–H groups in total. The van der Waals surface area contributed by atoms with Crippen molar-refractivity contribution in [2.24, 2.45) is 0 Å². The Morgan fingerprint density at radius 3 is 2.72 bits per heavy atom. The number of rotatable bonds is 7. The topological polar surface area (TPSA) is 88.8 Å². The number of nitrogens with zero attached hydrogens (tertiary/aromatic N) is 7. The lowest BCUT2D eigenvalue weighted by molar-refractivity contribution is -0.128. The van der Waals surface area contributed by atoms with Crippen LogP contribution in [0.5, 0.6) is 6.01 Å². The Kier molecular flexibility index (Phi) is 8.48. The number of carbonyl (C=O) groups excluding carboxylic acids is 1. The number of carbonyl (C=O) groups is 1. The van der Waals surface area contributed by atoms with Crippen molar-refractivity contribution in [2.45, 2.75) is 63.3 Å². The summed E-state index contributed by atoms with van der Waals surface area (Å²) < 4.78 is 6.65. The first-order chi connectivity index (χ1) is 21.0. The van der Waals surface area contributed by atoms with E-state index in [1.807, 2.05) is 0 Å². The van der Waals surface area contributed by atoms with Gasteiger partial charge in [-0.2, -0.15) is 15.2 Å². The molecule has 3 aromatic rings. The zero-order chi connectivity index (χ0) is 29.9. The molecule has 2 aromatic carbocycles. The summed E-state index contributed by atoms with van der Waals surface area (Å²) in [5.74, 6) is 0.745. The molecule has 2 fully saturated rings. The number of fused-ring (bicyclic) bond motifs is 2. The van der Waals surface area contributed by atoms with Crippen molar-refractivity contribution < 1.29 is 9.53 Å². The highest BCUT2D eigenvalue weighted by Crippen LogP contribution is 2.35. The minimum atomic E-state index is -0.230. The van der Waals surface area contributed by atoms with Crippen LogP contribution in [0.25, 0.3) is 10.8 Å². The summed E-state index contributed by atoms with van der Waals surface area (Å²) >= 11 is 0. The average molecular weight is 580 g/mol. The van der Waals surface area contributed by atoms with Crippen molar-refractivity contribution in [1.82, 2.24) is 19.8 Å². The number of piperazine rings is 1. The molecule has 1 saturated carbocycles. The van der Waals surface area contributed by atoms with Gasteiger partial charge in [0, 0.05) is 48.9 Å². The van der Waals surface area contributed by atoms with Crippen molar-refractivity contribution in [2.75, 3.05) is 50.1 Å². The van der Waals surface area contributed by atoms with Crippen LogP contribution >= 0.6 is 0 Å². The zero-order valence-corrected chi connectivity index (χ0v) is 25.3. The number of nitriles is 1. The zero-order valence-electron chi connectivity index (χ0n) is 25.3. The number of benzene rings is 2. The molecular weight excluding hydrogens is 538 g/mol. The molecule has 9 heteroatoms.